The summed E-state index contributed by atoms with van der Waals surface area (Å²) in [6, 6.07) is 15.4. The minimum absolute atomic E-state index is 0.191. The van der Waals surface area contributed by atoms with E-state index in [1.165, 1.54) is 4.31 Å². The Kier molecular flexibility index (Phi) is 5.58. The van der Waals surface area contributed by atoms with Gasteiger partial charge in [0, 0.05) is 24.5 Å². The number of anilines is 2. The number of rotatable bonds is 6. The monoisotopic (exact) mass is 373 g/mol. The summed E-state index contributed by atoms with van der Waals surface area (Å²) in [6.07, 6.45) is 1.80. The largest absolute Gasteiger partial charge is 0.374 e. The van der Waals surface area contributed by atoms with Crippen LogP contribution in [0.25, 0.3) is 0 Å². The number of para-hydroxylation sites is 1. The van der Waals surface area contributed by atoms with Gasteiger partial charge in [-0.2, -0.15) is 4.31 Å². The molecule has 1 aliphatic heterocycles. The van der Waals surface area contributed by atoms with Crippen molar-refractivity contribution < 1.29 is 13.2 Å². The van der Waals surface area contributed by atoms with Gasteiger partial charge in [0.25, 0.3) is 0 Å². The van der Waals surface area contributed by atoms with Crippen molar-refractivity contribution in [2.75, 3.05) is 23.7 Å². The Morgan fingerprint density at radius 2 is 1.58 bits per heavy atom. The zero-order valence-electron chi connectivity index (χ0n) is 14.7. The summed E-state index contributed by atoms with van der Waals surface area (Å²) in [4.78, 5) is 12.6. The number of nitrogens with one attached hydrogen (secondary N) is 2. The van der Waals surface area contributed by atoms with Gasteiger partial charge in [-0.15, -0.1) is 0 Å². The van der Waals surface area contributed by atoms with Crippen molar-refractivity contribution in [3.63, 3.8) is 0 Å². The number of hydrogen-bond acceptors (Lipinski definition) is 4. The lowest BCUT2D eigenvalue weighted by Crippen LogP contribution is -2.31. The number of hydrogen-bond donors (Lipinski definition) is 2. The molecule has 2 aromatic rings. The van der Waals surface area contributed by atoms with Gasteiger partial charge in [-0.05, 0) is 56.2 Å². The van der Waals surface area contributed by atoms with Crippen LogP contribution in [0.4, 0.5) is 11.4 Å². The standard InChI is InChI=1S/C19H23N3O3S/c1-15(20-16-7-3-2-4-8-16)19(23)21-17-9-11-18(12-10-17)26(24,25)22-13-5-6-14-22/h2-4,7-12,15,20H,5-6,13-14H2,1H3,(H,21,23)/t15-/m0/s1. The molecule has 26 heavy (non-hydrogen) atoms. The van der Waals surface area contributed by atoms with Crippen LogP contribution in [0.3, 0.4) is 0 Å². The summed E-state index contributed by atoms with van der Waals surface area (Å²) in [6.45, 7) is 2.92. The first-order valence-corrected chi connectivity index (χ1v) is 10.1. The summed E-state index contributed by atoms with van der Waals surface area (Å²) in [7, 11) is -3.43. The van der Waals surface area contributed by atoms with Crippen molar-refractivity contribution in [2.45, 2.75) is 30.7 Å². The van der Waals surface area contributed by atoms with E-state index in [0.717, 1.165) is 18.5 Å². The van der Waals surface area contributed by atoms with Crippen molar-refractivity contribution >= 4 is 27.3 Å². The highest BCUT2D eigenvalue weighted by molar-refractivity contribution is 7.89. The molecule has 1 heterocycles. The maximum Gasteiger partial charge on any atom is 0.246 e. The van der Waals surface area contributed by atoms with Crippen molar-refractivity contribution in [2.24, 2.45) is 0 Å². The molecule has 0 radical (unpaired) electrons. The number of sulfonamides is 1. The summed E-state index contributed by atoms with van der Waals surface area (Å²) >= 11 is 0. The van der Waals surface area contributed by atoms with E-state index in [1.807, 2.05) is 30.3 Å². The Labute approximate surface area is 154 Å². The maximum atomic E-state index is 12.5. The SMILES string of the molecule is C[C@H](Nc1ccccc1)C(=O)Nc1ccc(S(=O)(=O)N2CCCC2)cc1. The molecule has 0 saturated carbocycles. The fourth-order valence-corrected chi connectivity index (χ4v) is 4.41. The Morgan fingerprint density at radius 3 is 2.19 bits per heavy atom. The maximum absolute atomic E-state index is 12.5. The number of nitrogens with zero attached hydrogens (tertiary/aromatic N) is 1. The van der Waals surface area contributed by atoms with Gasteiger partial charge in [0.15, 0.2) is 0 Å². The molecule has 0 spiro atoms. The van der Waals surface area contributed by atoms with E-state index >= 15 is 0 Å². The first-order chi connectivity index (χ1) is 12.5. The minimum atomic E-state index is -3.43. The fraction of sp³-hybridized carbons (Fsp3) is 0.316. The second-order valence-corrected chi connectivity index (χ2v) is 8.29. The molecule has 1 saturated heterocycles. The smallest absolute Gasteiger partial charge is 0.246 e. The van der Waals surface area contributed by atoms with Gasteiger partial charge in [-0.1, -0.05) is 18.2 Å². The lowest BCUT2D eigenvalue weighted by molar-refractivity contribution is -0.116. The van der Waals surface area contributed by atoms with E-state index in [0.29, 0.717) is 18.8 Å². The highest BCUT2D eigenvalue weighted by Crippen LogP contribution is 2.22. The van der Waals surface area contributed by atoms with Gasteiger partial charge < -0.3 is 10.6 Å². The van der Waals surface area contributed by atoms with Gasteiger partial charge >= 0.3 is 0 Å². The molecular weight excluding hydrogens is 350 g/mol. The van der Waals surface area contributed by atoms with Crippen LogP contribution in [-0.4, -0.2) is 37.8 Å². The van der Waals surface area contributed by atoms with Crippen LogP contribution >= 0.6 is 0 Å². The van der Waals surface area contributed by atoms with Gasteiger partial charge in [0.05, 0.1) is 4.90 Å². The molecule has 3 rings (SSSR count). The molecule has 2 N–H and O–H groups in total. The molecule has 7 heteroatoms. The molecular formula is C19H23N3O3S. The van der Waals surface area contributed by atoms with Crippen molar-refractivity contribution in [1.29, 1.82) is 0 Å². The molecule has 0 aliphatic carbocycles. The third kappa shape index (κ3) is 4.23. The molecule has 2 aromatic carbocycles. The van der Waals surface area contributed by atoms with Crippen LogP contribution in [-0.2, 0) is 14.8 Å². The second kappa shape index (κ2) is 7.88. The lowest BCUT2D eigenvalue weighted by Gasteiger charge is -2.17. The van der Waals surface area contributed by atoms with Crippen LogP contribution in [0.1, 0.15) is 19.8 Å². The molecule has 138 valence electrons. The lowest BCUT2D eigenvalue weighted by atomic mass is 10.2. The zero-order valence-corrected chi connectivity index (χ0v) is 15.5. The molecule has 0 bridgehead atoms. The van der Waals surface area contributed by atoms with E-state index < -0.39 is 16.1 Å². The van der Waals surface area contributed by atoms with Crippen LogP contribution in [0, 0.1) is 0 Å². The highest BCUT2D eigenvalue weighted by Gasteiger charge is 2.27. The Bertz CT molecular complexity index is 845. The van der Waals surface area contributed by atoms with E-state index in [4.69, 9.17) is 0 Å². The Balaban J connectivity index is 1.62. The van der Waals surface area contributed by atoms with Gasteiger partial charge in [0.2, 0.25) is 15.9 Å². The first-order valence-electron chi connectivity index (χ1n) is 8.69. The zero-order chi connectivity index (χ0) is 18.6. The van der Waals surface area contributed by atoms with Crippen molar-refractivity contribution in [3.8, 4) is 0 Å². The summed E-state index contributed by atoms with van der Waals surface area (Å²) in [5.74, 6) is -0.191. The first kappa shape index (κ1) is 18.4. The average Bonchev–Trinajstić information content (AvgIpc) is 3.18. The minimum Gasteiger partial charge on any atom is -0.374 e. The topological polar surface area (TPSA) is 78.5 Å². The van der Waals surface area contributed by atoms with E-state index in [9.17, 15) is 13.2 Å². The average molecular weight is 373 g/mol. The molecule has 1 atom stereocenters. The van der Waals surface area contributed by atoms with Gasteiger partial charge in [-0.3, -0.25) is 4.79 Å². The predicted octanol–water partition coefficient (Wildman–Crippen LogP) is 2.91. The van der Waals surface area contributed by atoms with Crippen molar-refractivity contribution in [1.82, 2.24) is 4.31 Å². The number of amides is 1. The molecule has 0 aromatic heterocycles. The Hall–Kier alpha value is -2.38. The van der Waals surface area contributed by atoms with Crippen molar-refractivity contribution in [3.05, 3.63) is 54.6 Å². The van der Waals surface area contributed by atoms with Gasteiger partial charge in [-0.25, -0.2) is 8.42 Å². The predicted molar refractivity (Wildman–Crippen MR) is 103 cm³/mol. The van der Waals surface area contributed by atoms with Crippen LogP contribution in [0.15, 0.2) is 59.5 Å². The number of carbonyl (C=O) groups is 1. The molecule has 1 aliphatic rings. The van der Waals surface area contributed by atoms with E-state index in [1.54, 1.807) is 31.2 Å². The Morgan fingerprint density at radius 1 is 0.962 bits per heavy atom. The summed E-state index contributed by atoms with van der Waals surface area (Å²) < 4.78 is 26.5. The van der Waals surface area contributed by atoms with Crippen LogP contribution < -0.4 is 10.6 Å². The summed E-state index contributed by atoms with van der Waals surface area (Å²) in [5, 5.41) is 5.92. The normalized spacial score (nSPS) is 16.2. The highest BCUT2D eigenvalue weighted by atomic mass is 32.2. The fourth-order valence-electron chi connectivity index (χ4n) is 2.89. The number of carbonyl (C=O) groups excluding carboxylic acids is 1. The van der Waals surface area contributed by atoms with E-state index in [-0.39, 0.29) is 10.8 Å². The quantitative estimate of drug-likeness (QED) is 0.816. The van der Waals surface area contributed by atoms with Crippen LogP contribution in [0.2, 0.25) is 0 Å². The summed E-state index contributed by atoms with van der Waals surface area (Å²) in [5.41, 5.74) is 1.43. The molecule has 1 fully saturated rings. The second-order valence-electron chi connectivity index (χ2n) is 6.36. The van der Waals surface area contributed by atoms with E-state index in [2.05, 4.69) is 10.6 Å². The van der Waals surface area contributed by atoms with Gasteiger partial charge in [0.1, 0.15) is 6.04 Å². The third-order valence-electron chi connectivity index (χ3n) is 4.37. The third-order valence-corrected chi connectivity index (χ3v) is 6.29. The molecule has 0 unspecified atom stereocenters. The number of benzene rings is 2. The van der Waals surface area contributed by atoms with Crippen LogP contribution in [0.5, 0.6) is 0 Å². The molecule has 6 nitrogen and oxygen atoms in total. The molecule has 1 amide bonds.